The van der Waals surface area contributed by atoms with Gasteiger partial charge in [-0.15, -0.1) is 0 Å². The number of amides is 1. The van der Waals surface area contributed by atoms with Crippen LogP contribution in [-0.4, -0.2) is 49.7 Å². The highest BCUT2D eigenvalue weighted by molar-refractivity contribution is 5.83. The van der Waals surface area contributed by atoms with Crippen molar-refractivity contribution in [1.82, 2.24) is 10.2 Å². The zero-order valence-electron chi connectivity index (χ0n) is 14.4. The average molecular weight is 331 g/mol. The van der Waals surface area contributed by atoms with Crippen LogP contribution in [0.2, 0.25) is 0 Å². The molecule has 132 valence electrons. The Labute approximate surface area is 144 Å². The normalized spacial score (nSPS) is 24.5. The molecule has 0 spiro atoms. The Morgan fingerprint density at radius 3 is 2.75 bits per heavy atom. The zero-order valence-corrected chi connectivity index (χ0v) is 14.4. The summed E-state index contributed by atoms with van der Waals surface area (Å²) in [6, 6.07) is 10.7. The standard InChI is InChI=1S/C19H29N3O2/c20-15-19(8-11-24-12-9-19)18(23)21-17-7-4-10-22(14-17)13-16-5-2-1-3-6-16/h1-3,5-6,17H,4,7-15,20H2,(H,21,23). The molecule has 3 N–H and O–H groups in total. The van der Waals surface area contributed by atoms with Gasteiger partial charge in [-0.05, 0) is 37.8 Å². The van der Waals surface area contributed by atoms with E-state index in [0.29, 0.717) is 19.8 Å². The molecule has 0 saturated carbocycles. The molecule has 5 heteroatoms. The lowest BCUT2D eigenvalue weighted by Crippen LogP contribution is -2.55. The van der Waals surface area contributed by atoms with E-state index in [1.54, 1.807) is 0 Å². The molecule has 2 saturated heterocycles. The van der Waals surface area contributed by atoms with Crippen molar-refractivity contribution in [3.05, 3.63) is 35.9 Å². The number of nitrogens with one attached hydrogen (secondary N) is 1. The molecule has 24 heavy (non-hydrogen) atoms. The van der Waals surface area contributed by atoms with Gasteiger partial charge in [-0.25, -0.2) is 0 Å². The maximum Gasteiger partial charge on any atom is 0.227 e. The van der Waals surface area contributed by atoms with Crippen molar-refractivity contribution in [2.45, 2.75) is 38.3 Å². The lowest BCUT2D eigenvalue weighted by molar-refractivity contribution is -0.137. The Morgan fingerprint density at radius 1 is 1.29 bits per heavy atom. The summed E-state index contributed by atoms with van der Waals surface area (Å²) in [6.45, 7) is 4.63. The highest BCUT2D eigenvalue weighted by atomic mass is 16.5. The molecule has 2 aliphatic rings. The summed E-state index contributed by atoms with van der Waals surface area (Å²) in [4.78, 5) is 15.3. The minimum atomic E-state index is -0.431. The van der Waals surface area contributed by atoms with Crippen LogP contribution in [-0.2, 0) is 16.1 Å². The minimum Gasteiger partial charge on any atom is -0.381 e. The van der Waals surface area contributed by atoms with Crippen molar-refractivity contribution in [2.75, 3.05) is 32.8 Å². The summed E-state index contributed by atoms with van der Waals surface area (Å²) in [7, 11) is 0. The molecular weight excluding hydrogens is 302 g/mol. The van der Waals surface area contributed by atoms with Crippen molar-refractivity contribution in [3.8, 4) is 0 Å². The Morgan fingerprint density at radius 2 is 2.04 bits per heavy atom. The molecule has 0 bridgehead atoms. The van der Waals surface area contributed by atoms with Crippen molar-refractivity contribution in [3.63, 3.8) is 0 Å². The fraction of sp³-hybridized carbons (Fsp3) is 0.632. The molecular formula is C19H29N3O2. The van der Waals surface area contributed by atoms with Gasteiger partial charge in [0.2, 0.25) is 5.91 Å². The van der Waals surface area contributed by atoms with Gasteiger partial charge in [0, 0.05) is 38.9 Å². The number of likely N-dealkylation sites (tertiary alicyclic amines) is 1. The first-order valence-corrected chi connectivity index (χ1v) is 9.07. The van der Waals surface area contributed by atoms with E-state index in [2.05, 4.69) is 34.5 Å². The lowest BCUT2D eigenvalue weighted by atomic mass is 9.79. The molecule has 2 heterocycles. The largest absolute Gasteiger partial charge is 0.381 e. The number of benzene rings is 1. The number of nitrogens with two attached hydrogens (primary N) is 1. The number of hydrogen-bond donors (Lipinski definition) is 2. The summed E-state index contributed by atoms with van der Waals surface area (Å²) < 4.78 is 5.41. The van der Waals surface area contributed by atoms with Crippen LogP contribution in [0.4, 0.5) is 0 Å². The third-order valence-electron chi connectivity index (χ3n) is 5.41. The van der Waals surface area contributed by atoms with E-state index in [-0.39, 0.29) is 11.9 Å². The highest BCUT2D eigenvalue weighted by Gasteiger charge is 2.39. The fourth-order valence-corrected chi connectivity index (χ4v) is 3.78. The van der Waals surface area contributed by atoms with Gasteiger partial charge in [0.1, 0.15) is 0 Å². The van der Waals surface area contributed by atoms with Gasteiger partial charge in [0.15, 0.2) is 0 Å². The number of nitrogens with zero attached hydrogens (tertiary/aromatic N) is 1. The van der Waals surface area contributed by atoms with Crippen LogP contribution in [0, 0.1) is 5.41 Å². The Balaban J connectivity index is 1.55. The van der Waals surface area contributed by atoms with Crippen molar-refractivity contribution in [1.29, 1.82) is 0 Å². The highest BCUT2D eigenvalue weighted by Crippen LogP contribution is 2.30. The molecule has 1 atom stereocenters. The van der Waals surface area contributed by atoms with Gasteiger partial charge in [0.05, 0.1) is 5.41 Å². The van der Waals surface area contributed by atoms with Crippen LogP contribution in [0.5, 0.6) is 0 Å². The number of carbonyl (C=O) groups excluding carboxylic acids is 1. The third kappa shape index (κ3) is 4.15. The summed E-state index contributed by atoms with van der Waals surface area (Å²) in [5.41, 5.74) is 6.84. The summed E-state index contributed by atoms with van der Waals surface area (Å²) in [5, 5.41) is 3.28. The second kappa shape index (κ2) is 8.10. The van der Waals surface area contributed by atoms with Crippen LogP contribution in [0.15, 0.2) is 30.3 Å². The van der Waals surface area contributed by atoms with Crippen LogP contribution in [0.25, 0.3) is 0 Å². The predicted molar refractivity (Wildman–Crippen MR) is 94.4 cm³/mol. The van der Waals surface area contributed by atoms with E-state index in [0.717, 1.165) is 45.3 Å². The van der Waals surface area contributed by atoms with E-state index in [1.807, 2.05) is 6.07 Å². The molecule has 1 amide bonds. The van der Waals surface area contributed by atoms with Crippen molar-refractivity contribution >= 4 is 5.91 Å². The topological polar surface area (TPSA) is 67.6 Å². The molecule has 1 aromatic rings. The Bertz CT molecular complexity index is 529. The minimum absolute atomic E-state index is 0.125. The van der Waals surface area contributed by atoms with Crippen LogP contribution in [0.3, 0.4) is 0 Å². The van der Waals surface area contributed by atoms with Gasteiger partial charge >= 0.3 is 0 Å². The summed E-state index contributed by atoms with van der Waals surface area (Å²) in [6.07, 6.45) is 3.64. The molecule has 2 fully saturated rings. The van der Waals surface area contributed by atoms with E-state index in [9.17, 15) is 4.79 Å². The molecule has 1 unspecified atom stereocenters. The van der Waals surface area contributed by atoms with E-state index in [1.165, 1.54) is 5.56 Å². The van der Waals surface area contributed by atoms with E-state index >= 15 is 0 Å². The molecule has 0 aliphatic carbocycles. The monoisotopic (exact) mass is 331 g/mol. The predicted octanol–water partition coefficient (Wildman–Crippen LogP) is 1.52. The number of carbonyl (C=O) groups is 1. The maximum atomic E-state index is 12.8. The lowest BCUT2D eigenvalue weighted by Gasteiger charge is -2.38. The van der Waals surface area contributed by atoms with Gasteiger partial charge in [-0.1, -0.05) is 30.3 Å². The number of piperidine rings is 1. The first-order valence-electron chi connectivity index (χ1n) is 9.07. The second-order valence-electron chi connectivity index (χ2n) is 7.13. The number of rotatable bonds is 5. The molecule has 3 rings (SSSR count). The molecule has 0 radical (unpaired) electrons. The average Bonchev–Trinajstić information content (AvgIpc) is 2.63. The molecule has 0 aromatic heterocycles. The van der Waals surface area contributed by atoms with E-state index < -0.39 is 5.41 Å². The molecule has 2 aliphatic heterocycles. The van der Waals surface area contributed by atoms with Crippen LogP contribution < -0.4 is 11.1 Å². The van der Waals surface area contributed by atoms with Gasteiger partial charge in [0.25, 0.3) is 0 Å². The summed E-state index contributed by atoms with van der Waals surface area (Å²) >= 11 is 0. The quantitative estimate of drug-likeness (QED) is 0.858. The Hall–Kier alpha value is -1.43. The Kier molecular flexibility index (Phi) is 5.87. The third-order valence-corrected chi connectivity index (χ3v) is 5.41. The van der Waals surface area contributed by atoms with Gasteiger partial charge in [-0.2, -0.15) is 0 Å². The number of ether oxygens (including phenoxy) is 1. The van der Waals surface area contributed by atoms with Crippen molar-refractivity contribution < 1.29 is 9.53 Å². The van der Waals surface area contributed by atoms with Crippen LogP contribution >= 0.6 is 0 Å². The molecule has 5 nitrogen and oxygen atoms in total. The van der Waals surface area contributed by atoms with E-state index in [4.69, 9.17) is 10.5 Å². The van der Waals surface area contributed by atoms with Gasteiger partial charge in [-0.3, -0.25) is 9.69 Å². The second-order valence-corrected chi connectivity index (χ2v) is 7.13. The zero-order chi connectivity index (χ0) is 16.8. The fourth-order valence-electron chi connectivity index (χ4n) is 3.78. The maximum absolute atomic E-state index is 12.8. The number of hydrogen-bond acceptors (Lipinski definition) is 4. The SMILES string of the molecule is NCC1(C(=O)NC2CCCN(Cc3ccccc3)C2)CCOCC1. The van der Waals surface area contributed by atoms with Crippen LogP contribution in [0.1, 0.15) is 31.2 Å². The first-order chi connectivity index (χ1) is 11.7. The van der Waals surface area contributed by atoms with Gasteiger partial charge < -0.3 is 15.8 Å². The summed E-state index contributed by atoms with van der Waals surface area (Å²) in [5.74, 6) is 0.125. The molecule has 1 aromatic carbocycles. The smallest absolute Gasteiger partial charge is 0.227 e. The first kappa shape index (κ1) is 17.4. The van der Waals surface area contributed by atoms with Crippen molar-refractivity contribution in [2.24, 2.45) is 11.1 Å².